The maximum atomic E-state index is 6.24. The van der Waals surface area contributed by atoms with Crippen LogP contribution in [0.4, 0.5) is 0 Å². The predicted molar refractivity (Wildman–Crippen MR) is 85.6 cm³/mol. The van der Waals surface area contributed by atoms with Gasteiger partial charge in [0.2, 0.25) is 0 Å². The second-order valence-corrected chi connectivity index (χ2v) is 7.46. The SMILES string of the molecule is Cc1ccc(C(C)(C)C)c2c1C(NC(C)C)CC(C)O2. The fourth-order valence-electron chi connectivity index (χ4n) is 3.10. The Hall–Kier alpha value is -1.02. The summed E-state index contributed by atoms with van der Waals surface area (Å²) in [6.07, 6.45) is 1.31. The predicted octanol–water partition coefficient (Wildman–Crippen LogP) is 4.50. The van der Waals surface area contributed by atoms with Crippen molar-refractivity contribution >= 4 is 0 Å². The lowest BCUT2D eigenvalue weighted by molar-refractivity contribution is 0.159. The minimum atomic E-state index is 0.108. The van der Waals surface area contributed by atoms with Gasteiger partial charge in [0.25, 0.3) is 0 Å². The van der Waals surface area contributed by atoms with Gasteiger partial charge in [-0.15, -0.1) is 0 Å². The van der Waals surface area contributed by atoms with Crippen molar-refractivity contribution < 1.29 is 4.74 Å². The molecule has 1 N–H and O–H groups in total. The molecule has 1 aromatic carbocycles. The number of fused-ring (bicyclic) bond motifs is 1. The van der Waals surface area contributed by atoms with Crippen LogP contribution in [0.1, 0.15) is 70.7 Å². The summed E-state index contributed by atoms with van der Waals surface area (Å²) in [4.78, 5) is 0. The summed E-state index contributed by atoms with van der Waals surface area (Å²) in [5.74, 6) is 1.12. The molecule has 20 heavy (non-hydrogen) atoms. The molecule has 2 nitrogen and oxygen atoms in total. The van der Waals surface area contributed by atoms with Crippen molar-refractivity contribution in [3.8, 4) is 5.75 Å². The van der Waals surface area contributed by atoms with Crippen LogP contribution in [0.5, 0.6) is 5.75 Å². The van der Waals surface area contributed by atoms with E-state index in [1.807, 2.05) is 0 Å². The topological polar surface area (TPSA) is 21.3 Å². The molecule has 0 amide bonds. The van der Waals surface area contributed by atoms with E-state index in [2.05, 4.69) is 65.9 Å². The van der Waals surface area contributed by atoms with E-state index in [4.69, 9.17) is 4.74 Å². The first-order valence-corrected chi connectivity index (χ1v) is 7.77. The molecule has 2 heteroatoms. The highest BCUT2D eigenvalue weighted by Gasteiger charge is 2.32. The maximum absolute atomic E-state index is 6.24. The number of hydrogen-bond donors (Lipinski definition) is 1. The molecule has 0 bridgehead atoms. The Labute approximate surface area is 123 Å². The van der Waals surface area contributed by atoms with Crippen LogP contribution in [0.2, 0.25) is 0 Å². The van der Waals surface area contributed by atoms with Gasteiger partial charge in [-0.25, -0.2) is 0 Å². The first kappa shape index (κ1) is 15.4. The van der Waals surface area contributed by atoms with Gasteiger partial charge in [0.05, 0.1) is 6.10 Å². The Bertz CT molecular complexity index is 485. The summed E-state index contributed by atoms with van der Waals surface area (Å²) in [5, 5.41) is 3.71. The highest BCUT2D eigenvalue weighted by Crippen LogP contribution is 2.43. The van der Waals surface area contributed by atoms with E-state index >= 15 is 0 Å². The van der Waals surface area contributed by atoms with Gasteiger partial charge in [0.15, 0.2) is 0 Å². The number of hydrogen-bond acceptors (Lipinski definition) is 2. The second-order valence-electron chi connectivity index (χ2n) is 7.46. The summed E-state index contributed by atoms with van der Waals surface area (Å²) in [6.45, 7) is 15.6. The van der Waals surface area contributed by atoms with Gasteiger partial charge in [-0.2, -0.15) is 0 Å². The quantitative estimate of drug-likeness (QED) is 0.858. The zero-order chi connectivity index (χ0) is 15.1. The molecule has 0 spiro atoms. The summed E-state index contributed by atoms with van der Waals surface area (Å²) in [7, 11) is 0. The monoisotopic (exact) mass is 275 g/mol. The average Bonchev–Trinajstić information content (AvgIpc) is 2.25. The van der Waals surface area contributed by atoms with Crippen LogP contribution in [0, 0.1) is 6.92 Å². The van der Waals surface area contributed by atoms with Crippen LogP contribution < -0.4 is 10.1 Å². The molecule has 2 rings (SSSR count). The van der Waals surface area contributed by atoms with E-state index in [1.165, 1.54) is 16.7 Å². The zero-order valence-electron chi connectivity index (χ0n) is 14.0. The molecular weight excluding hydrogens is 246 g/mol. The summed E-state index contributed by atoms with van der Waals surface area (Å²) < 4.78 is 6.24. The van der Waals surface area contributed by atoms with Crippen molar-refractivity contribution in [2.24, 2.45) is 0 Å². The number of nitrogens with one attached hydrogen (secondary N) is 1. The fraction of sp³-hybridized carbons (Fsp3) is 0.667. The first-order valence-electron chi connectivity index (χ1n) is 7.77. The third kappa shape index (κ3) is 3.01. The zero-order valence-corrected chi connectivity index (χ0v) is 14.0. The van der Waals surface area contributed by atoms with E-state index in [0.29, 0.717) is 12.1 Å². The van der Waals surface area contributed by atoms with Gasteiger partial charge in [0.1, 0.15) is 5.75 Å². The van der Waals surface area contributed by atoms with Crippen molar-refractivity contribution in [1.82, 2.24) is 5.32 Å². The van der Waals surface area contributed by atoms with Crippen molar-refractivity contribution in [1.29, 1.82) is 0 Å². The van der Waals surface area contributed by atoms with Crippen LogP contribution in [0.25, 0.3) is 0 Å². The third-order valence-corrected chi connectivity index (χ3v) is 3.99. The lowest BCUT2D eigenvalue weighted by Gasteiger charge is -2.37. The van der Waals surface area contributed by atoms with Gasteiger partial charge in [-0.1, -0.05) is 46.8 Å². The van der Waals surface area contributed by atoms with Crippen LogP contribution in [-0.4, -0.2) is 12.1 Å². The minimum Gasteiger partial charge on any atom is -0.490 e. The fourth-order valence-corrected chi connectivity index (χ4v) is 3.10. The molecule has 112 valence electrons. The van der Waals surface area contributed by atoms with Crippen LogP contribution in [0.3, 0.4) is 0 Å². The van der Waals surface area contributed by atoms with E-state index < -0.39 is 0 Å². The van der Waals surface area contributed by atoms with Crippen LogP contribution in [-0.2, 0) is 5.41 Å². The lowest BCUT2D eigenvalue weighted by Crippen LogP contribution is -2.36. The average molecular weight is 275 g/mol. The van der Waals surface area contributed by atoms with Crippen molar-refractivity contribution in [2.45, 2.75) is 78.5 Å². The Morgan fingerprint density at radius 1 is 1.25 bits per heavy atom. The standard InChI is InChI=1S/C18H29NO/c1-11(2)19-15-10-13(4)20-17-14(18(5,6)7)9-8-12(3)16(15)17/h8-9,11,13,15,19H,10H2,1-7H3. The molecule has 2 atom stereocenters. The molecule has 1 aliphatic heterocycles. The Morgan fingerprint density at radius 2 is 1.90 bits per heavy atom. The second kappa shape index (κ2) is 5.40. The summed E-state index contributed by atoms with van der Waals surface area (Å²) in [6, 6.07) is 5.36. The number of benzene rings is 1. The van der Waals surface area contributed by atoms with E-state index in [-0.39, 0.29) is 11.5 Å². The number of aryl methyl sites for hydroxylation is 1. The Balaban J connectivity index is 2.55. The maximum Gasteiger partial charge on any atom is 0.128 e. The van der Waals surface area contributed by atoms with Gasteiger partial charge in [0, 0.05) is 24.1 Å². The van der Waals surface area contributed by atoms with Gasteiger partial charge >= 0.3 is 0 Å². The highest BCUT2D eigenvalue weighted by molar-refractivity contribution is 5.51. The van der Waals surface area contributed by atoms with Crippen molar-refractivity contribution in [2.75, 3.05) is 0 Å². The normalized spacial score (nSPS) is 22.6. The largest absolute Gasteiger partial charge is 0.490 e. The van der Waals surface area contributed by atoms with Gasteiger partial charge in [-0.3, -0.25) is 0 Å². The third-order valence-electron chi connectivity index (χ3n) is 3.99. The highest BCUT2D eigenvalue weighted by atomic mass is 16.5. The first-order chi connectivity index (χ1) is 9.20. The number of rotatable bonds is 2. The molecule has 0 radical (unpaired) electrons. The molecule has 0 aliphatic carbocycles. The summed E-state index contributed by atoms with van der Waals surface area (Å²) >= 11 is 0. The van der Waals surface area contributed by atoms with Crippen molar-refractivity contribution in [3.63, 3.8) is 0 Å². The van der Waals surface area contributed by atoms with Gasteiger partial charge in [-0.05, 0) is 30.4 Å². The van der Waals surface area contributed by atoms with E-state index in [0.717, 1.165) is 12.2 Å². The Morgan fingerprint density at radius 3 is 2.45 bits per heavy atom. The molecule has 2 unspecified atom stereocenters. The Kier molecular flexibility index (Phi) is 4.15. The minimum absolute atomic E-state index is 0.108. The van der Waals surface area contributed by atoms with Crippen LogP contribution >= 0.6 is 0 Å². The molecule has 0 saturated heterocycles. The van der Waals surface area contributed by atoms with E-state index in [9.17, 15) is 0 Å². The smallest absolute Gasteiger partial charge is 0.128 e. The van der Waals surface area contributed by atoms with Crippen LogP contribution in [0.15, 0.2) is 12.1 Å². The molecule has 0 saturated carbocycles. The van der Waals surface area contributed by atoms with E-state index in [1.54, 1.807) is 0 Å². The molecular formula is C18H29NO. The number of ether oxygens (including phenoxy) is 1. The lowest BCUT2D eigenvalue weighted by atomic mass is 9.81. The molecule has 0 fully saturated rings. The molecule has 0 aromatic heterocycles. The summed E-state index contributed by atoms with van der Waals surface area (Å²) in [5.41, 5.74) is 4.12. The molecule has 1 aromatic rings. The van der Waals surface area contributed by atoms with Gasteiger partial charge < -0.3 is 10.1 Å². The molecule has 1 aliphatic rings. The van der Waals surface area contributed by atoms with Crippen molar-refractivity contribution in [3.05, 3.63) is 28.8 Å². The molecule has 1 heterocycles.